The molecule has 0 saturated heterocycles. The molecule has 0 aliphatic heterocycles. The summed E-state index contributed by atoms with van der Waals surface area (Å²) in [5, 5.41) is 2.90. The maximum absolute atomic E-state index is 12.5. The Kier molecular flexibility index (Phi) is 8.34. The van der Waals surface area contributed by atoms with Crippen molar-refractivity contribution >= 4 is 19.9 Å². The Morgan fingerprint density at radius 3 is 2.31 bits per heavy atom. The lowest BCUT2D eigenvalue weighted by molar-refractivity contribution is -0.155. The largest absolute Gasteiger partial charge is 0.566 e. The van der Waals surface area contributed by atoms with Crippen LogP contribution in [-0.4, -0.2) is 24.9 Å². The molecule has 0 spiro atoms. The highest BCUT2D eigenvalue weighted by Crippen LogP contribution is 2.28. The number of amides is 1. The van der Waals surface area contributed by atoms with Gasteiger partial charge >= 0.3 is 14.0 Å². The number of terminal acetylenes is 2. The standard InChI is InChI=1S/C22H29BN2O4/c1-8-10-21(4,5)19(26)25-13-17-16(12-24-15(3)18(17)29-23)14-28-20(27)22(6,7)11-9-2/h1-2,12H,10-11,13-14,23H2,3-7H3,(H,25,26). The molecule has 1 amide bonds. The number of aromatic nitrogens is 1. The summed E-state index contributed by atoms with van der Waals surface area (Å²) in [5.41, 5.74) is 0.530. The highest BCUT2D eigenvalue weighted by molar-refractivity contribution is 6.00. The molecule has 0 unspecified atom stereocenters. The average molecular weight is 396 g/mol. The fraction of sp³-hybridized carbons (Fsp3) is 0.500. The third-order valence-electron chi connectivity index (χ3n) is 4.65. The predicted molar refractivity (Wildman–Crippen MR) is 114 cm³/mol. The minimum atomic E-state index is -0.787. The van der Waals surface area contributed by atoms with Gasteiger partial charge in [0.1, 0.15) is 12.4 Å². The van der Waals surface area contributed by atoms with Gasteiger partial charge < -0.3 is 14.7 Å². The second-order valence-corrected chi connectivity index (χ2v) is 8.17. The van der Waals surface area contributed by atoms with Crippen LogP contribution in [0.3, 0.4) is 0 Å². The Labute approximate surface area is 174 Å². The number of hydrogen-bond donors (Lipinski definition) is 1. The fourth-order valence-electron chi connectivity index (χ4n) is 2.67. The van der Waals surface area contributed by atoms with Gasteiger partial charge in [-0.25, -0.2) is 0 Å². The van der Waals surface area contributed by atoms with Gasteiger partial charge in [0.05, 0.1) is 16.5 Å². The van der Waals surface area contributed by atoms with Gasteiger partial charge in [-0.1, -0.05) is 13.8 Å². The van der Waals surface area contributed by atoms with Gasteiger partial charge in [-0.05, 0) is 20.8 Å². The van der Waals surface area contributed by atoms with Gasteiger partial charge in [0.15, 0.2) is 0 Å². The number of carbonyl (C=O) groups is 2. The molecule has 0 aliphatic carbocycles. The lowest BCUT2D eigenvalue weighted by Crippen LogP contribution is -2.36. The number of pyridine rings is 1. The fourth-order valence-corrected chi connectivity index (χ4v) is 2.67. The first-order valence-electron chi connectivity index (χ1n) is 9.34. The van der Waals surface area contributed by atoms with Crippen molar-refractivity contribution in [3.63, 3.8) is 0 Å². The molecule has 1 N–H and O–H groups in total. The van der Waals surface area contributed by atoms with Crippen molar-refractivity contribution in [2.75, 3.05) is 0 Å². The number of esters is 1. The van der Waals surface area contributed by atoms with Crippen LogP contribution in [0.15, 0.2) is 6.20 Å². The predicted octanol–water partition coefficient (Wildman–Crippen LogP) is 2.08. The van der Waals surface area contributed by atoms with E-state index in [9.17, 15) is 9.59 Å². The van der Waals surface area contributed by atoms with E-state index in [2.05, 4.69) is 22.1 Å². The molecule has 1 aromatic rings. The van der Waals surface area contributed by atoms with Crippen LogP contribution in [0.4, 0.5) is 0 Å². The monoisotopic (exact) mass is 396 g/mol. The van der Waals surface area contributed by atoms with Gasteiger partial charge in [0.25, 0.3) is 0 Å². The Morgan fingerprint density at radius 2 is 1.76 bits per heavy atom. The minimum absolute atomic E-state index is 0.00454. The summed E-state index contributed by atoms with van der Waals surface area (Å²) in [6.45, 7) is 9.03. The van der Waals surface area contributed by atoms with Crippen LogP contribution in [0.1, 0.15) is 57.4 Å². The van der Waals surface area contributed by atoms with Gasteiger partial charge in [-0.2, -0.15) is 0 Å². The average Bonchev–Trinajstić information content (AvgIpc) is 2.64. The van der Waals surface area contributed by atoms with Crippen molar-refractivity contribution in [3.05, 3.63) is 23.0 Å². The van der Waals surface area contributed by atoms with Crippen LogP contribution in [0.25, 0.3) is 0 Å². The second-order valence-electron chi connectivity index (χ2n) is 8.17. The number of ether oxygens (including phenoxy) is 1. The van der Waals surface area contributed by atoms with E-state index in [-0.39, 0.29) is 25.5 Å². The Morgan fingerprint density at radius 1 is 1.17 bits per heavy atom. The van der Waals surface area contributed by atoms with Crippen LogP contribution >= 0.6 is 0 Å². The molecule has 1 rings (SSSR count). The molecule has 0 bridgehead atoms. The summed E-state index contributed by atoms with van der Waals surface area (Å²) in [7, 11) is 1.53. The minimum Gasteiger partial charge on any atom is -0.566 e. The van der Waals surface area contributed by atoms with Crippen LogP contribution in [0, 0.1) is 42.4 Å². The Bertz CT molecular complexity index is 848. The van der Waals surface area contributed by atoms with Crippen LogP contribution < -0.4 is 9.97 Å². The normalized spacial score (nSPS) is 11.1. The van der Waals surface area contributed by atoms with E-state index in [4.69, 9.17) is 22.2 Å². The third kappa shape index (κ3) is 6.29. The SMILES string of the molecule is BOc1c(C)ncc(COC(=O)C(C)(C)CC#C)c1CNC(=O)C(C)(C)CC#C. The number of aryl methyl sites for hydroxylation is 1. The maximum Gasteiger partial charge on any atom is 0.322 e. The molecule has 0 aromatic carbocycles. The van der Waals surface area contributed by atoms with Crippen molar-refractivity contribution in [2.45, 2.75) is 60.6 Å². The lowest BCUT2D eigenvalue weighted by atomic mass is 9.88. The zero-order valence-electron chi connectivity index (χ0n) is 18.1. The molecule has 0 saturated carbocycles. The second kappa shape index (κ2) is 10.0. The molecule has 0 atom stereocenters. The van der Waals surface area contributed by atoms with Crippen molar-refractivity contribution < 1.29 is 19.0 Å². The highest BCUT2D eigenvalue weighted by atomic mass is 16.5. The molecule has 0 aliphatic rings. The van der Waals surface area contributed by atoms with E-state index in [1.807, 2.05) is 0 Å². The molecule has 7 heteroatoms. The number of hydrogen-bond acceptors (Lipinski definition) is 5. The van der Waals surface area contributed by atoms with Crippen molar-refractivity contribution in [1.82, 2.24) is 10.3 Å². The molecule has 1 heterocycles. The van der Waals surface area contributed by atoms with E-state index in [0.717, 1.165) is 0 Å². The highest BCUT2D eigenvalue weighted by Gasteiger charge is 2.29. The van der Waals surface area contributed by atoms with Crippen molar-refractivity contribution in [3.8, 4) is 30.4 Å². The van der Waals surface area contributed by atoms with E-state index in [1.54, 1.807) is 40.8 Å². The first-order valence-corrected chi connectivity index (χ1v) is 9.34. The number of rotatable bonds is 9. The summed E-state index contributed by atoms with van der Waals surface area (Å²) in [6.07, 6.45) is 12.9. The number of nitrogens with zero attached hydrogens (tertiary/aromatic N) is 1. The molecule has 154 valence electrons. The molecule has 0 radical (unpaired) electrons. The Hall–Kier alpha value is -2.93. The van der Waals surface area contributed by atoms with E-state index < -0.39 is 16.8 Å². The van der Waals surface area contributed by atoms with Crippen LogP contribution in [0.5, 0.6) is 5.75 Å². The van der Waals surface area contributed by atoms with Crippen LogP contribution in [-0.2, 0) is 27.5 Å². The van der Waals surface area contributed by atoms with Gasteiger partial charge in [-0.3, -0.25) is 14.6 Å². The van der Waals surface area contributed by atoms with Gasteiger partial charge in [-0.15, -0.1) is 24.7 Å². The molecular weight excluding hydrogens is 367 g/mol. The molecule has 0 fully saturated rings. The van der Waals surface area contributed by atoms with Crippen molar-refractivity contribution in [2.24, 2.45) is 10.8 Å². The topological polar surface area (TPSA) is 77.5 Å². The molecule has 29 heavy (non-hydrogen) atoms. The summed E-state index contributed by atoms with van der Waals surface area (Å²) < 4.78 is 11.0. The van der Waals surface area contributed by atoms with E-state index in [0.29, 0.717) is 29.0 Å². The molecule has 6 nitrogen and oxygen atoms in total. The smallest absolute Gasteiger partial charge is 0.322 e. The quantitative estimate of drug-likeness (QED) is 0.393. The zero-order valence-corrected chi connectivity index (χ0v) is 18.1. The van der Waals surface area contributed by atoms with E-state index >= 15 is 0 Å². The number of nitrogens with one attached hydrogen (secondary N) is 1. The van der Waals surface area contributed by atoms with Crippen LogP contribution in [0.2, 0.25) is 0 Å². The van der Waals surface area contributed by atoms with Crippen molar-refractivity contribution in [1.29, 1.82) is 0 Å². The summed E-state index contributed by atoms with van der Waals surface area (Å²) in [4.78, 5) is 29.2. The lowest BCUT2D eigenvalue weighted by Gasteiger charge is -2.23. The Balaban J connectivity index is 3.06. The summed E-state index contributed by atoms with van der Waals surface area (Å²) >= 11 is 0. The summed E-state index contributed by atoms with van der Waals surface area (Å²) in [6, 6.07) is 0. The first kappa shape index (κ1) is 24.1. The maximum atomic E-state index is 12.5. The third-order valence-corrected chi connectivity index (χ3v) is 4.65. The molecular formula is C22H29BN2O4. The van der Waals surface area contributed by atoms with Gasteiger partial charge in [0, 0.05) is 36.7 Å². The van der Waals surface area contributed by atoms with E-state index in [1.165, 1.54) is 8.05 Å². The van der Waals surface area contributed by atoms with Gasteiger partial charge in [0.2, 0.25) is 5.91 Å². The first-order chi connectivity index (χ1) is 13.5. The molecule has 1 aromatic heterocycles. The summed E-state index contributed by atoms with van der Waals surface area (Å²) in [5.74, 6) is 4.97. The zero-order chi connectivity index (χ0) is 22.2. The number of carbonyl (C=O) groups excluding carboxylic acids is 2.